The SMILES string of the molecule is CCOC(=O)c1cnn(-c2ccc(C(=O)N3CCCC3C(=O)NCC(F)(F)F)cc2)c1C. The minimum Gasteiger partial charge on any atom is -0.462 e. The number of benzene rings is 1. The number of amides is 2. The van der Waals surface area contributed by atoms with Crippen LogP contribution in [0.3, 0.4) is 0 Å². The number of alkyl halides is 3. The van der Waals surface area contributed by atoms with Gasteiger partial charge in [-0.15, -0.1) is 0 Å². The second-order valence-electron chi connectivity index (χ2n) is 7.31. The monoisotopic (exact) mass is 452 g/mol. The van der Waals surface area contributed by atoms with E-state index in [9.17, 15) is 27.6 Å². The maximum atomic E-state index is 12.9. The van der Waals surface area contributed by atoms with E-state index in [4.69, 9.17) is 4.74 Å². The fourth-order valence-electron chi connectivity index (χ4n) is 3.58. The minimum absolute atomic E-state index is 0.242. The van der Waals surface area contributed by atoms with E-state index in [1.807, 2.05) is 5.32 Å². The molecule has 8 nitrogen and oxygen atoms in total. The number of likely N-dealkylation sites (tertiary alicyclic amines) is 1. The maximum Gasteiger partial charge on any atom is 0.405 e. The van der Waals surface area contributed by atoms with E-state index in [1.54, 1.807) is 38.1 Å². The molecule has 1 unspecified atom stereocenters. The number of nitrogens with one attached hydrogen (secondary N) is 1. The molecule has 32 heavy (non-hydrogen) atoms. The Morgan fingerprint density at radius 2 is 1.91 bits per heavy atom. The van der Waals surface area contributed by atoms with Crippen LogP contribution in [0.25, 0.3) is 5.69 Å². The number of carbonyl (C=O) groups excluding carboxylic acids is 3. The molecule has 1 aliphatic heterocycles. The van der Waals surface area contributed by atoms with Crippen LogP contribution < -0.4 is 5.32 Å². The molecule has 172 valence electrons. The summed E-state index contributed by atoms with van der Waals surface area (Å²) in [5, 5.41) is 6.04. The van der Waals surface area contributed by atoms with Gasteiger partial charge in [-0.3, -0.25) is 9.59 Å². The van der Waals surface area contributed by atoms with Crippen LogP contribution in [0.15, 0.2) is 30.5 Å². The van der Waals surface area contributed by atoms with Crippen molar-refractivity contribution in [1.82, 2.24) is 20.0 Å². The van der Waals surface area contributed by atoms with Gasteiger partial charge in [0.15, 0.2) is 0 Å². The molecular formula is C21H23F3N4O4. The highest BCUT2D eigenvalue weighted by molar-refractivity contribution is 5.98. The molecule has 1 fully saturated rings. The standard InChI is InChI=1S/C21H23F3N4O4/c1-3-32-20(31)16-11-26-28(13(16)2)15-8-6-14(7-9-15)19(30)27-10-4-5-17(27)18(29)25-12-21(22,23)24/h6-9,11,17H,3-5,10,12H2,1-2H3,(H,25,29). The third-order valence-corrected chi connectivity index (χ3v) is 5.14. The molecule has 0 bridgehead atoms. The smallest absolute Gasteiger partial charge is 0.405 e. The maximum absolute atomic E-state index is 12.9. The van der Waals surface area contributed by atoms with E-state index in [1.165, 1.54) is 15.8 Å². The molecule has 0 saturated carbocycles. The van der Waals surface area contributed by atoms with Gasteiger partial charge in [-0.1, -0.05) is 0 Å². The topological polar surface area (TPSA) is 93.5 Å². The van der Waals surface area contributed by atoms with Crippen LogP contribution >= 0.6 is 0 Å². The lowest BCUT2D eigenvalue weighted by Gasteiger charge is -2.24. The van der Waals surface area contributed by atoms with Gasteiger partial charge >= 0.3 is 12.1 Å². The van der Waals surface area contributed by atoms with Gasteiger partial charge in [0.2, 0.25) is 5.91 Å². The molecule has 2 amide bonds. The zero-order chi connectivity index (χ0) is 23.5. The summed E-state index contributed by atoms with van der Waals surface area (Å²) in [5.41, 5.74) is 1.80. The third kappa shape index (κ3) is 5.09. The summed E-state index contributed by atoms with van der Waals surface area (Å²) in [4.78, 5) is 38.3. The molecule has 0 spiro atoms. The third-order valence-electron chi connectivity index (χ3n) is 5.14. The highest BCUT2D eigenvalue weighted by atomic mass is 19.4. The Morgan fingerprint density at radius 1 is 1.22 bits per heavy atom. The first-order chi connectivity index (χ1) is 15.1. The Morgan fingerprint density at radius 3 is 2.53 bits per heavy atom. The van der Waals surface area contributed by atoms with Crippen molar-refractivity contribution in [2.75, 3.05) is 19.7 Å². The lowest BCUT2D eigenvalue weighted by Crippen LogP contribution is -2.48. The van der Waals surface area contributed by atoms with E-state index in [2.05, 4.69) is 5.10 Å². The Labute approximate surface area is 182 Å². The Bertz CT molecular complexity index is 1000. The number of aromatic nitrogens is 2. The molecule has 1 aromatic heterocycles. The average Bonchev–Trinajstić information content (AvgIpc) is 3.38. The van der Waals surface area contributed by atoms with Crippen LogP contribution in [0.4, 0.5) is 13.2 Å². The summed E-state index contributed by atoms with van der Waals surface area (Å²) in [7, 11) is 0. The number of hydrogen-bond donors (Lipinski definition) is 1. The summed E-state index contributed by atoms with van der Waals surface area (Å²) in [5.74, 6) is -1.74. The van der Waals surface area contributed by atoms with Crippen molar-refractivity contribution in [1.29, 1.82) is 0 Å². The van der Waals surface area contributed by atoms with E-state index < -0.39 is 36.5 Å². The molecule has 0 aliphatic carbocycles. The van der Waals surface area contributed by atoms with Crippen molar-refractivity contribution in [3.63, 3.8) is 0 Å². The highest BCUT2D eigenvalue weighted by Gasteiger charge is 2.36. The molecule has 3 rings (SSSR count). The number of rotatable bonds is 6. The van der Waals surface area contributed by atoms with Crippen molar-refractivity contribution in [2.45, 2.75) is 38.9 Å². The van der Waals surface area contributed by atoms with Crippen LogP contribution in [-0.4, -0.2) is 64.4 Å². The molecular weight excluding hydrogens is 429 g/mol. The van der Waals surface area contributed by atoms with Crippen molar-refractivity contribution in [3.8, 4) is 5.69 Å². The molecule has 0 radical (unpaired) electrons. The fraction of sp³-hybridized carbons (Fsp3) is 0.429. The van der Waals surface area contributed by atoms with Crippen LogP contribution in [0.1, 0.15) is 46.2 Å². The first kappa shape index (κ1) is 23.3. The van der Waals surface area contributed by atoms with E-state index >= 15 is 0 Å². The van der Waals surface area contributed by atoms with Gasteiger partial charge in [0.1, 0.15) is 18.2 Å². The van der Waals surface area contributed by atoms with Gasteiger partial charge < -0.3 is 15.0 Å². The largest absolute Gasteiger partial charge is 0.462 e. The van der Waals surface area contributed by atoms with Gasteiger partial charge in [-0.25, -0.2) is 9.48 Å². The molecule has 2 heterocycles. The van der Waals surface area contributed by atoms with Gasteiger partial charge in [-0.2, -0.15) is 18.3 Å². The van der Waals surface area contributed by atoms with Crippen LogP contribution in [-0.2, 0) is 9.53 Å². The number of carbonyl (C=O) groups is 3. The summed E-state index contributed by atoms with van der Waals surface area (Å²) >= 11 is 0. The Hall–Kier alpha value is -3.37. The summed E-state index contributed by atoms with van der Waals surface area (Å²) < 4.78 is 43.7. The van der Waals surface area contributed by atoms with Crippen LogP contribution in [0, 0.1) is 6.92 Å². The van der Waals surface area contributed by atoms with Gasteiger partial charge in [0.25, 0.3) is 5.91 Å². The number of halogens is 3. The normalized spacial score (nSPS) is 16.2. The molecule has 1 saturated heterocycles. The number of esters is 1. The van der Waals surface area contributed by atoms with E-state index in [0.29, 0.717) is 35.3 Å². The summed E-state index contributed by atoms with van der Waals surface area (Å²) in [6.45, 7) is 2.51. The quantitative estimate of drug-likeness (QED) is 0.681. The van der Waals surface area contributed by atoms with Gasteiger partial charge in [-0.05, 0) is 51.0 Å². The second-order valence-corrected chi connectivity index (χ2v) is 7.31. The first-order valence-corrected chi connectivity index (χ1v) is 10.1. The van der Waals surface area contributed by atoms with Crippen LogP contribution in [0.5, 0.6) is 0 Å². The van der Waals surface area contributed by atoms with E-state index in [-0.39, 0.29) is 13.2 Å². The molecule has 1 atom stereocenters. The predicted octanol–water partition coefficient (Wildman–Crippen LogP) is 2.64. The van der Waals surface area contributed by atoms with Crippen molar-refractivity contribution < 1.29 is 32.3 Å². The van der Waals surface area contributed by atoms with E-state index in [0.717, 1.165) is 0 Å². The Balaban J connectivity index is 1.72. The molecule has 1 N–H and O–H groups in total. The summed E-state index contributed by atoms with van der Waals surface area (Å²) in [6.07, 6.45) is -2.29. The Kier molecular flexibility index (Phi) is 6.85. The number of nitrogens with zero attached hydrogens (tertiary/aromatic N) is 3. The molecule has 11 heteroatoms. The number of ether oxygens (including phenoxy) is 1. The lowest BCUT2D eigenvalue weighted by molar-refractivity contribution is -0.140. The zero-order valence-corrected chi connectivity index (χ0v) is 17.6. The highest BCUT2D eigenvalue weighted by Crippen LogP contribution is 2.22. The molecule has 2 aromatic rings. The average molecular weight is 452 g/mol. The second kappa shape index (κ2) is 9.41. The van der Waals surface area contributed by atoms with Gasteiger partial charge in [0, 0.05) is 12.1 Å². The van der Waals surface area contributed by atoms with Crippen molar-refractivity contribution >= 4 is 17.8 Å². The first-order valence-electron chi connectivity index (χ1n) is 10.1. The molecule has 1 aromatic carbocycles. The summed E-state index contributed by atoms with van der Waals surface area (Å²) in [6, 6.07) is 5.43. The zero-order valence-electron chi connectivity index (χ0n) is 17.6. The fourth-order valence-corrected chi connectivity index (χ4v) is 3.58. The van der Waals surface area contributed by atoms with Gasteiger partial charge in [0.05, 0.1) is 24.2 Å². The lowest BCUT2D eigenvalue weighted by atomic mass is 10.1. The minimum atomic E-state index is -4.52. The molecule has 1 aliphatic rings. The van der Waals surface area contributed by atoms with Crippen molar-refractivity contribution in [3.05, 3.63) is 47.3 Å². The van der Waals surface area contributed by atoms with Crippen molar-refractivity contribution in [2.24, 2.45) is 0 Å². The number of hydrogen-bond acceptors (Lipinski definition) is 5. The predicted molar refractivity (Wildman–Crippen MR) is 107 cm³/mol. The van der Waals surface area contributed by atoms with Crippen LogP contribution in [0.2, 0.25) is 0 Å².